The van der Waals surface area contributed by atoms with E-state index in [9.17, 15) is 0 Å². The van der Waals surface area contributed by atoms with Crippen molar-refractivity contribution in [3.05, 3.63) is 40.7 Å². The summed E-state index contributed by atoms with van der Waals surface area (Å²) in [6.07, 6.45) is 0.756. The van der Waals surface area contributed by atoms with Crippen molar-refractivity contribution in [1.82, 2.24) is 9.97 Å². The van der Waals surface area contributed by atoms with Crippen molar-refractivity contribution in [3.8, 4) is 11.6 Å². The molecule has 0 spiro atoms. The smallest absolute Gasteiger partial charge is 0.227 e. The van der Waals surface area contributed by atoms with Gasteiger partial charge in [-0.05, 0) is 31.2 Å². The van der Waals surface area contributed by atoms with Gasteiger partial charge in [0.25, 0.3) is 0 Å². The fourth-order valence-corrected chi connectivity index (χ4v) is 1.78. The summed E-state index contributed by atoms with van der Waals surface area (Å²) in [4.78, 5) is 8.81. The number of anilines is 1. The second-order valence-corrected chi connectivity index (χ2v) is 4.51. The summed E-state index contributed by atoms with van der Waals surface area (Å²) < 4.78 is 5.80. The molecule has 19 heavy (non-hydrogen) atoms. The van der Waals surface area contributed by atoms with Gasteiger partial charge in [-0.15, -0.1) is 0 Å². The highest BCUT2D eigenvalue weighted by molar-refractivity contribution is 6.30. The largest absolute Gasteiger partial charge is 0.439 e. The molecule has 0 atom stereocenters. The van der Waals surface area contributed by atoms with Gasteiger partial charge in [0.1, 0.15) is 17.4 Å². The highest BCUT2D eigenvalue weighted by Crippen LogP contribution is 2.27. The number of rotatable bonds is 4. The van der Waals surface area contributed by atoms with Crippen LogP contribution in [0.4, 0.5) is 5.82 Å². The summed E-state index contributed by atoms with van der Waals surface area (Å²) in [5.41, 5.74) is 0.884. The predicted molar refractivity (Wildman–Crippen MR) is 77.2 cm³/mol. The van der Waals surface area contributed by atoms with Crippen molar-refractivity contribution < 1.29 is 4.74 Å². The van der Waals surface area contributed by atoms with Gasteiger partial charge in [0.15, 0.2) is 0 Å². The van der Waals surface area contributed by atoms with Gasteiger partial charge in [-0.2, -0.15) is 4.98 Å². The third-order valence-corrected chi connectivity index (χ3v) is 2.98. The first-order valence-electron chi connectivity index (χ1n) is 6.12. The second kappa shape index (κ2) is 5.89. The maximum absolute atomic E-state index is 5.85. The Labute approximate surface area is 117 Å². The van der Waals surface area contributed by atoms with Crippen molar-refractivity contribution in [2.45, 2.75) is 20.3 Å². The van der Waals surface area contributed by atoms with E-state index in [1.54, 1.807) is 12.1 Å². The summed E-state index contributed by atoms with van der Waals surface area (Å²) in [6, 6.07) is 7.20. The molecule has 0 amide bonds. The van der Waals surface area contributed by atoms with Crippen LogP contribution in [0.3, 0.4) is 0 Å². The van der Waals surface area contributed by atoms with Crippen LogP contribution in [0.2, 0.25) is 5.02 Å². The van der Waals surface area contributed by atoms with Crippen molar-refractivity contribution in [1.29, 1.82) is 0 Å². The lowest BCUT2D eigenvalue weighted by Gasteiger charge is -2.12. The first-order chi connectivity index (χ1) is 9.13. The number of ether oxygens (including phenoxy) is 1. The lowest BCUT2D eigenvalue weighted by atomic mass is 10.3. The van der Waals surface area contributed by atoms with E-state index in [0.29, 0.717) is 16.7 Å². The maximum Gasteiger partial charge on any atom is 0.227 e. The molecule has 0 aliphatic heterocycles. The molecule has 4 nitrogen and oxygen atoms in total. The van der Waals surface area contributed by atoms with Gasteiger partial charge in [0, 0.05) is 18.5 Å². The lowest BCUT2D eigenvalue weighted by Crippen LogP contribution is -2.04. The third kappa shape index (κ3) is 3.15. The Morgan fingerprint density at radius 1 is 1.21 bits per heavy atom. The topological polar surface area (TPSA) is 47.0 Å². The summed E-state index contributed by atoms with van der Waals surface area (Å²) >= 11 is 5.85. The highest BCUT2D eigenvalue weighted by Gasteiger charge is 2.11. The average molecular weight is 278 g/mol. The Morgan fingerprint density at radius 3 is 2.47 bits per heavy atom. The molecule has 1 N–H and O–H groups in total. The van der Waals surface area contributed by atoms with E-state index in [4.69, 9.17) is 16.3 Å². The number of halogens is 1. The number of benzene rings is 1. The Balaban J connectivity index is 2.35. The second-order valence-electron chi connectivity index (χ2n) is 4.08. The molecule has 1 heterocycles. The number of nitrogens with one attached hydrogen (secondary N) is 1. The molecule has 100 valence electrons. The Kier molecular flexibility index (Phi) is 4.22. The number of hydrogen-bond acceptors (Lipinski definition) is 4. The Bertz CT molecular complexity index is 570. The summed E-state index contributed by atoms with van der Waals surface area (Å²) in [6.45, 7) is 3.94. The van der Waals surface area contributed by atoms with Crippen LogP contribution in [-0.2, 0) is 6.42 Å². The molecule has 0 saturated carbocycles. The number of nitrogens with zero attached hydrogens (tertiary/aromatic N) is 2. The molecule has 0 aliphatic carbocycles. The zero-order valence-electron chi connectivity index (χ0n) is 11.2. The van der Waals surface area contributed by atoms with Crippen LogP contribution in [0.25, 0.3) is 0 Å². The number of aryl methyl sites for hydroxylation is 1. The minimum atomic E-state index is 0.568. The van der Waals surface area contributed by atoms with Gasteiger partial charge >= 0.3 is 0 Å². The van der Waals surface area contributed by atoms with E-state index in [1.807, 2.05) is 33.0 Å². The molecule has 0 fully saturated rings. The van der Waals surface area contributed by atoms with E-state index >= 15 is 0 Å². The molecular weight excluding hydrogens is 262 g/mol. The van der Waals surface area contributed by atoms with Crippen molar-refractivity contribution >= 4 is 17.4 Å². The van der Waals surface area contributed by atoms with Crippen LogP contribution in [0.15, 0.2) is 24.3 Å². The molecular formula is C14H16ClN3O. The van der Waals surface area contributed by atoms with Crippen LogP contribution < -0.4 is 10.1 Å². The van der Waals surface area contributed by atoms with Gasteiger partial charge in [0.05, 0.1) is 5.56 Å². The first-order valence-corrected chi connectivity index (χ1v) is 6.50. The molecule has 1 aromatic carbocycles. The van der Waals surface area contributed by atoms with Crippen LogP contribution in [0.1, 0.15) is 18.3 Å². The fourth-order valence-electron chi connectivity index (χ4n) is 1.66. The fraction of sp³-hybridized carbons (Fsp3) is 0.286. The zero-order valence-corrected chi connectivity index (χ0v) is 12.0. The molecule has 0 unspecified atom stereocenters. The molecule has 0 saturated heterocycles. The normalized spacial score (nSPS) is 10.3. The molecule has 0 radical (unpaired) electrons. The average Bonchev–Trinajstić information content (AvgIpc) is 2.43. The maximum atomic E-state index is 5.85. The zero-order chi connectivity index (χ0) is 13.8. The minimum Gasteiger partial charge on any atom is -0.439 e. The van der Waals surface area contributed by atoms with E-state index in [1.165, 1.54) is 0 Å². The van der Waals surface area contributed by atoms with E-state index in [0.717, 1.165) is 23.6 Å². The third-order valence-electron chi connectivity index (χ3n) is 2.73. The van der Waals surface area contributed by atoms with Crippen LogP contribution in [-0.4, -0.2) is 17.0 Å². The standard InChI is InChI=1S/C14H16ClN3O/c1-4-12-17-13(16-3)9(2)14(18-12)19-11-7-5-10(15)6-8-11/h5-8H,4H2,1-3H3,(H,16,17,18). The minimum absolute atomic E-state index is 0.568. The summed E-state index contributed by atoms with van der Waals surface area (Å²) in [7, 11) is 1.83. The van der Waals surface area contributed by atoms with E-state index in [2.05, 4.69) is 15.3 Å². The highest BCUT2D eigenvalue weighted by atomic mass is 35.5. The quantitative estimate of drug-likeness (QED) is 0.922. The van der Waals surface area contributed by atoms with Crippen LogP contribution in [0.5, 0.6) is 11.6 Å². The van der Waals surface area contributed by atoms with Crippen LogP contribution >= 0.6 is 11.6 Å². The molecule has 0 bridgehead atoms. The van der Waals surface area contributed by atoms with Gasteiger partial charge in [-0.3, -0.25) is 0 Å². The lowest BCUT2D eigenvalue weighted by molar-refractivity contribution is 0.455. The molecule has 5 heteroatoms. The van der Waals surface area contributed by atoms with Gasteiger partial charge in [-0.25, -0.2) is 4.98 Å². The van der Waals surface area contributed by atoms with Crippen molar-refractivity contribution in [3.63, 3.8) is 0 Å². The van der Waals surface area contributed by atoms with E-state index in [-0.39, 0.29) is 0 Å². The number of hydrogen-bond donors (Lipinski definition) is 1. The molecule has 1 aromatic heterocycles. The monoisotopic (exact) mass is 277 g/mol. The van der Waals surface area contributed by atoms with E-state index < -0.39 is 0 Å². The summed E-state index contributed by atoms with van der Waals surface area (Å²) in [5.74, 6) is 2.81. The van der Waals surface area contributed by atoms with Crippen molar-refractivity contribution in [2.24, 2.45) is 0 Å². The molecule has 2 aromatic rings. The number of aromatic nitrogens is 2. The Morgan fingerprint density at radius 2 is 1.89 bits per heavy atom. The SMILES string of the molecule is CCc1nc(NC)c(C)c(Oc2ccc(Cl)cc2)n1. The predicted octanol–water partition coefficient (Wildman–Crippen LogP) is 3.83. The summed E-state index contributed by atoms with van der Waals surface area (Å²) in [5, 5.41) is 3.73. The van der Waals surface area contributed by atoms with Gasteiger partial charge < -0.3 is 10.1 Å². The van der Waals surface area contributed by atoms with Crippen molar-refractivity contribution in [2.75, 3.05) is 12.4 Å². The Hall–Kier alpha value is -1.81. The van der Waals surface area contributed by atoms with Gasteiger partial charge in [0.2, 0.25) is 5.88 Å². The van der Waals surface area contributed by atoms with Crippen LogP contribution in [0, 0.1) is 6.92 Å². The molecule has 2 rings (SSSR count). The van der Waals surface area contributed by atoms with Gasteiger partial charge in [-0.1, -0.05) is 18.5 Å². The molecule has 0 aliphatic rings. The first kappa shape index (κ1) is 13.6.